The molecule has 1 aliphatic rings. The van der Waals surface area contributed by atoms with Gasteiger partial charge >= 0.3 is 0 Å². The highest BCUT2D eigenvalue weighted by Gasteiger charge is 2.35. The fourth-order valence-corrected chi connectivity index (χ4v) is 4.26. The molecule has 0 saturated carbocycles. The summed E-state index contributed by atoms with van der Waals surface area (Å²) in [6, 6.07) is 14.7. The smallest absolute Gasteiger partial charge is 0.238 e. The molecular formula is C19H17ClIN3O2S. The van der Waals surface area contributed by atoms with Crippen molar-refractivity contribution in [3.8, 4) is 0 Å². The summed E-state index contributed by atoms with van der Waals surface area (Å²) < 4.78 is 1.10. The number of carbonyl (C=O) groups excluding carboxylic acids is 2. The highest BCUT2D eigenvalue weighted by Crippen LogP contribution is 2.30. The Balaban J connectivity index is 1.81. The van der Waals surface area contributed by atoms with Gasteiger partial charge in [0.25, 0.3) is 0 Å². The summed E-state index contributed by atoms with van der Waals surface area (Å²) in [6.07, 6.45) is 0.125. The van der Waals surface area contributed by atoms with Crippen LogP contribution in [0.5, 0.6) is 0 Å². The molecule has 2 amide bonds. The minimum absolute atomic E-state index is 0.111. The number of rotatable bonds is 4. The lowest BCUT2D eigenvalue weighted by Gasteiger charge is -2.31. The van der Waals surface area contributed by atoms with E-state index in [0.717, 1.165) is 9.26 Å². The van der Waals surface area contributed by atoms with Crippen molar-refractivity contribution < 1.29 is 9.59 Å². The van der Waals surface area contributed by atoms with Gasteiger partial charge in [0.15, 0.2) is 5.17 Å². The number of anilines is 1. The fourth-order valence-electron chi connectivity index (χ4n) is 2.55. The van der Waals surface area contributed by atoms with Gasteiger partial charge in [-0.25, -0.2) is 4.99 Å². The van der Waals surface area contributed by atoms with Crippen LogP contribution in [-0.4, -0.2) is 33.7 Å². The first-order valence-corrected chi connectivity index (χ1v) is 10.7. The lowest BCUT2D eigenvalue weighted by molar-refractivity contribution is -0.129. The molecule has 1 N–H and O–H groups in total. The number of carbonyl (C=O) groups is 2. The molecule has 140 valence electrons. The lowest BCUT2D eigenvalue weighted by Crippen LogP contribution is -2.45. The van der Waals surface area contributed by atoms with E-state index in [9.17, 15) is 9.59 Å². The summed E-state index contributed by atoms with van der Waals surface area (Å²) in [5, 5.41) is 3.25. The lowest BCUT2D eigenvalue weighted by atomic mass is 10.2. The van der Waals surface area contributed by atoms with Crippen LogP contribution >= 0.6 is 46.0 Å². The number of nitrogens with zero attached hydrogens (tertiary/aromatic N) is 2. The van der Waals surface area contributed by atoms with Crippen molar-refractivity contribution in [3.63, 3.8) is 0 Å². The van der Waals surface area contributed by atoms with E-state index >= 15 is 0 Å². The number of halogens is 2. The van der Waals surface area contributed by atoms with Gasteiger partial charge in [-0.3, -0.25) is 14.5 Å². The Bertz CT molecular complexity index is 889. The number of para-hydroxylation sites is 1. The summed E-state index contributed by atoms with van der Waals surface area (Å²) in [5.41, 5.74) is 1.28. The molecule has 1 unspecified atom stereocenters. The Labute approximate surface area is 180 Å². The quantitative estimate of drug-likeness (QED) is 0.590. The fraction of sp³-hybridized carbons (Fsp3) is 0.211. The van der Waals surface area contributed by atoms with Gasteiger partial charge in [0, 0.05) is 16.5 Å². The molecule has 5 nitrogen and oxygen atoms in total. The van der Waals surface area contributed by atoms with Gasteiger partial charge in [0.1, 0.15) is 5.25 Å². The van der Waals surface area contributed by atoms with E-state index in [4.69, 9.17) is 11.6 Å². The van der Waals surface area contributed by atoms with E-state index in [1.165, 1.54) is 11.8 Å². The topological polar surface area (TPSA) is 61.8 Å². The van der Waals surface area contributed by atoms with E-state index in [-0.39, 0.29) is 18.2 Å². The Kier molecular flexibility index (Phi) is 6.78. The summed E-state index contributed by atoms with van der Waals surface area (Å²) in [6.45, 7) is 2.40. The van der Waals surface area contributed by atoms with Gasteiger partial charge in [-0.1, -0.05) is 35.5 Å². The average Bonchev–Trinajstić information content (AvgIpc) is 2.65. The van der Waals surface area contributed by atoms with Crippen molar-refractivity contribution in [1.29, 1.82) is 0 Å². The number of amides is 2. The first-order valence-electron chi connectivity index (χ1n) is 8.34. The second kappa shape index (κ2) is 9.07. The van der Waals surface area contributed by atoms with Crippen LogP contribution in [0.3, 0.4) is 0 Å². The monoisotopic (exact) mass is 513 g/mol. The Morgan fingerprint density at radius 3 is 2.67 bits per heavy atom. The van der Waals surface area contributed by atoms with Crippen LogP contribution in [0.1, 0.15) is 13.3 Å². The minimum Gasteiger partial charge on any atom is -0.324 e. The largest absolute Gasteiger partial charge is 0.324 e. The summed E-state index contributed by atoms with van der Waals surface area (Å²) >= 11 is 9.63. The normalized spacial score (nSPS) is 18.6. The van der Waals surface area contributed by atoms with Crippen molar-refractivity contribution >= 4 is 74.3 Å². The van der Waals surface area contributed by atoms with Crippen LogP contribution in [0, 0.1) is 3.57 Å². The number of amidine groups is 1. The number of aliphatic imine (C=N–C) groups is 1. The molecule has 1 fully saturated rings. The molecule has 0 radical (unpaired) electrons. The van der Waals surface area contributed by atoms with Crippen LogP contribution in [0.2, 0.25) is 5.02 Å². The standard InChI is InChI=1S/C19H17ClIN3O2S/c1-2-24-17(25)11-16(18(26)23-15-6-4-3-5-14(15)20)27-19(24)22-13-9-7-12(21)8-10-13/h3-10,16H,2,11H2,1H3,(H,23,26). The predicted octanol–water partition coefficient (Wildman–Crippen LogP) is 4.92. The average molecular weight is 514 g/mol. The highest BCUT2D eigenvalue weighted by molar-refractivity contribution is 14.1. The van der Waals surface area contributed by atoms with E-state index in [1.807, 2.05) is 31.2 Å². The van der Waals surface area contributed by atoms with Crippen LogP contribution in [0.15, 0.2) is 53.5 Å². The SMILES string of the molecule is CCN1C(=O)CC(C(=O)Nc2ccccc2Cl)SC1=Nc1ccc(I)cc1. The number of hydrogen-bond acceptors (Lipinski definition) is 4. The second-order valence-electron chi connectivity index (χ2n) is 5.79. The zero-order valence-corrected chi connectivity index (χ0v) is 18.2. The van der Waals surface area contributed by atoms with Gasteiger partial charge in [0.05, 0.1) is 16.4 Å². The van der Waals surface area contributed by atoms with Gasteiger partial charge in [-0.15, -0.1) is 0 Å². The van der Waals surface area contributed by atoms with E-state index in [1.54, 1.807) is 29.2 Å². The maximum Gasteiger partial charge on any atom is 0.238 e. The van der Waals surface area contributed by atoms with Crippen molar-refractivity contribution in [2.75, 3.05) is 11.9 Å². The van der Waals surface area contributed by atoms with Crippen molar-refractivity contribution in [2.24, 2.45) is 4.99 Å². The Hall–Kier alpha value is -1.58. The third-order valence-electron chi connectivity index (χ3n) is 3.93. The Morgan fingerprint density at radius 1 is 1.30 bits per heavy atom. The molecule has 0 aromatic heterocycles. The third-order valence-corrected chi connectivity index (χ3v) is 6.17. The van der Waals surface area contributed by atoms with E-state index < -0.39 is 5.25 Å². The summed E-state index contributed by atoms with van der Waals surface area (Å²) in [5.74, 6) is -0.368. The minimum atomic E-state index is -0.556. The molecular weight excluding hydrogens is 497 g/mol. The van der Waals surface area contributed by atoms with E-state index in [0.29, 0.717) is 22.4 Å². The summed E-state index contributed by atoms with van der Waals surface area (Å²) in [4.78, 5) is 31.4. The molecule has 3 rings (SSSR count). The van der Waals surface area contributed by atoms with Crippen molar-refractivity contribution in [1.82, 2.24) is 4.90 Å². The maximum atomic E-state index is 12.7. The molecule has 1 heterocycles. The van der Waals surface area contributed by atoms with E-state index in [2.05, 4.69) is 32.9 Å². The van der Waals surface area contributed by atoms with Crippen LogP contribution < -0.4 is 5.32 Å². The van der Waals surface area contributed by atoms with Crippen molar-refractivity contribution in [3.05, 3.63) is 57.1 Å². The first-order chi connectivity index (χ1) is 13.0. The molecule has 0 aliphatic carbocycles. The molecule has 0 spiro atoms. The van der Waals surface area contributed by atoms with Gasteiger partial charge in [0.2, 0.25) is 11.8 Å². The van der Waals surface area contributed by atoms with Gasteiger partial charge < -0.3 is 5.32 Å². The van der Waals surface area contributed by atoms with Crippen molar-refractivity contribution in [2.45, 2.75) is 18.6 Å². The molecule has 0 bridgehead atoms. The zero-order chi connectivity index (χ0) is 19.4. The number of nitrogens with one attached hydrogen (secondary N) is 1. The summed E-state index contributed by atoms with van der Waals surface area (Å²) in [7, 11) is 0. The molecule has 27 heavy (non-hydrogen) atoms. The Morgan fingerprint density at radius 2 is 2.00 bits per heavy atom. The molecule has 1 atom stereocenters. The molecule has 2 aromatic rings. The molecule has 8 heteroatoms. The molecule has 2 aromatic carbocycles. The highest BCUT2D eigenvalue weighted by atomic mass is 127. The maximum absolute atomic E-state index is 12.7. The molecule has 1 aliphatic heterocycles. The number of hydrogen-bond donors (Lipinski definition) is 1. The predicted molar refractivity (Wildman–Crippen MR) is 120 cm³/mol. The van der Waals surface area contributed by atoms with Crippen LogP contribution in [-0.2, 0) is 9.59 Å². The third kappa shape index (κ3) is 5.03. The van der Waals surface area contributed by atoms with Crippen LogP contribution in [0.25, 0.3) is 0 Å². The zero-order valence-electron chi connectivity index (χ0n) is 14.5. The van der Waals surface area contributed by atoms with Gasteiger partial charge in [-0.2, -0.15) is 0 Å². The van der Waals surface area contributed by atoms with Crippen LogP contribution in [0.4, 0.5) is 11.4 Å². The first kappa shape index (κ1) is 20.2. The second-order valence-corrected chi connectivity index (χ2v) is 8.61. The number of benzene rings is 2. The number of thioether (sulfide) groups is 1. The van der Waals surface area contributed by atoms with Gasteiger partial charge in [-0.05, 0) is 65.9 Å². The molecule has 1 saturated heterocycles.